The van der Waals surface area contributed by atoms with Gasteiger partial charge in [-0.1, -0.05) is 91.1 Å². The zero-order valence-electron chi connectivity index (χ0n) is 24.0. The molecule has 0 spiro atoms. The number of alkyl halides is 3. The van der Waals surface area contributed by atoms with Crippen molar-refractivity contribution in [3.63, 3.8) is 0 Å². The maximum atomic E-state index is 15.8. The molecule has 2 aliphatic heterocycles. The van der Waals surface area contributed by atoms with Crippen LogP contribution in [-0.4, -0.2) is 68.5 Å². The summed E-state index contributed by atoms with van der Waals surface area (Å²) in [5.41, 5.74) is 1.43. The van der Waals surface area contributed by atoms with Crippen LogP contribution in [0.2, 0.25) is 0 Å². The largest absolute Gasteiger partial charge is 0.447 e. The van der Waals surface area contributed by atoms with Crippen molar-refractivity contribution < 1.29 is 33.1 Å². The molecule has 4 rings (SSSR count). The molecule has 0 aliphatic carbocycles. The third kappa shape index (κ3) is 7.60. The smallest absolute Gasteiger partial charge is 0.417 e. The SMILES string of the molecule is CC(C)[C@H](NC(=O)C(Cl)(Cl)Cl)/C(F)=C/[C@@H](CCCN1C(=O)c2ccccc2C1=O)C(=O)N1C(=O)OCC1Cc1ccccc1. The maximum absolute atomic E-state index is 15.8. The average Bonchev–Trinajstić information content (AvgIpc) is 3.46. The van der Waals surface area contributed by atoms with Crippen molar-refractivity contribution in [3.05, 3.63) is 83.2 Å². The van der Waals surface area contributed by atoms with E-state index in [9.17, 15) is 24.0 Å². The highest BCUT2D eigenvalue weighted by molar-refractivity contribution is 6.76. The van der Waals surface area contributed by atoms with Gasteiger partial charge in [-0.3, -0.25) is 24.1 Å². The summed E-state index contributed by atoms with van der Waals surface area (Å²) in [5, 5.41) is 2.35. The van der Waals surface area contributed by atoms with Gasteiger partial charge in [0, 0.05) is 6.54 Å². The lowest BCUT2D eigenvalue weighted by Gasteiger charge is -2.26. The van der Waals surface area contributed by atoms with E-state index >= 15 is 4.39 Å². The molecule has 2 aliphatic rings. The van der Waals surface area contributed by atoms with E-state index in [0.29, 0.717) is 6.42 Å². The van der Waals surface area contributed by atoms with Gasteiger partial charge >= 0.3 is 6.09 Å². The van der Waals surface area contributed by atoms with Gasteiger partial charge in [0.1, 0.15) is 12.4 Å². The van der Waals surface area contributed by atoms with E-state index in [1.807, 2.05) is 30.3 Å². The summed E-state index contributed by atoms with van der Waals surface area (Å²) in [6.45, 7) is 3.18. The van der Waals surface area contributed by atoms with Crippen LogP contribution in [-0.2, 0) is 20.7 Å². The number of imide groups is 2. The van der Waals surface area contributed by atoms with Crippen LogP contribution in [0.1, 0.15) is 53.0 Å². The zero-order chi connectivity index (χ0) is 32.2. The first-order valence-electron chi connectivity index (χ1n) is 14.0. The molecule has 2 heterocycles. The van der Waals surface area contributed by atoms with Crippen LogP contribution in [0.5, 0.6) is 0 Å². The molecular weight excluding hydrogens is 636 g/mol. The predicted octanol–water partition coefficient (Wildman–Crippen LogP) is 5.63. The Hall–Kier alpha value is -3.47. The Morgan fingerprint density at radius 3 is 2.18 bits per heavy atom. The minimum Gasteiger partial charge on any atom is -0.447 e. The molecule has 0 aromatic heterocycles. The molecule has 1 saturated heterocycles. The van der Waals surface area contributed by atoms with Crippen molar-refractivity contribution in [2.24, 2.45) is 11.8 Å². The molecule has 0 bridgehead atoms. The first-order valence-corrected chi connectivity index (χ1v) is 15.2. The van der Waals surface area contributed by atoms with Crippen molar-refractivity contribution >= 4 is 64.5 Å². The summed E-state index contributed by atoms with van der Waals surface area (Å²) in [4.78, 5) is 66.8. The second kappa shape index (κ2) is 14.1. The minimum atomic E-state index is -2.35. The molecule has 1 unspecified atom stereocenters. The molecule has 234 valence electrons. The highest BCUT2D eigenvalue weighted by Gasteiger charge is 2.42. The van der Waals surface area contributed by atoms with E-state index in [2.05, 4.69) is 5.32 Å². The topological polar surface area (TPSA) is 113 Å². The number of benzene rings is 2. The lowest BCUT2D eigenvalue weighted by Crippen LogP contribution is -2.45. The molecule has 2 aromatic rings. The number of nitrogens with zero attached hydrogens (tertiary/aromatic N) is 2. The van der Waals surface area contributed by atoms with Crippen LogP contribution in [0.25, 0.3) is 0 Å². The van der Waals surface area contributed by atoms with Gasteiger partial charge in [-0.05, 0) is 49.0 Å². The Morgan fingerprint density at radius 1 is 1.02 bits per heavy atom. The third-order valence-electron chi connectivity index (χ3n) is 7.47. The molecule has 44 heavy (non-hydrogen) atoms. The van der Waals surface area contributed by atoms with Crippen molar-refractivity contribution in [1.82, 2.24) is 15.1 Å². The number of carbonyl (C=O) groups excluding carboxylic acids is 5. The fourth-order valence-electron chi connectivity index (χ4n) is 5.21. The molecular formula is C31H31Cl3FN3O6. The summed E-state index contributed by atoms with van der Waals surface area (Å²) >= 11 is 17.0. The number of halogens is 4. The number of fused-ring (bicyclic) bond motifs is 1. The fraction of sp³-hybridized carbons (Fsp3) is 0.387. The maximum Gasteiger partial charge on any atom is 0.417 e. The Kier molecular flexibility index (Phi) is 10.7. The summed E-state index contributed by atoms with van der Waals surface area (Å²) < 4.78 is 18.7. The zero-order valence-corrected chi connectivity index (χ0v) is 26.2. The summed E-state index contributed by atoms with van der Waals surface area (Å²) in [6, 6.07) is 13.7. The number of rotatable bonds is 11. The van der Waals surface area contributed by atoms with E-state index < -0.39 is 63.3 Å². The van der Waals surface area contributed by atoms with Gasteiger partial charge in [-0.15, -0.1) is 0 Å². The third-order valence-corrected chi connectivity index (χ3v) is 7.99. The normalized spacial score (nSPS) is 18.4. The minimum absolute atomic E-state index is 0.0370. The van der Waals surface area contributed by atoms with Gasteiger partial charge in [-0.25, -0.2) is 14.1 Å². The van der Waals surface area contributed by atoms with Crippen LogP contribution in [0, 0.1) is 11.8 Å². The summed E-state index contributed by atoms with van der Waals surface area (Å²) in [7, 11) is 0. The number of cyclic esters (lactones) is 1. The molecule has 0 saturated carbocycles. The van der Waals surface area contributed by atoms with Gasteiger partial charge in [-0.2, -0.15) is 0 Å². The van der Waals surface area contributed by atoms with Crippen LogP contribution in [0.4, 0.5) is 9.18 Å². The Morgan fingerprint density at radius 2 is 1.61 bits per heavy atom. The quantitative estimate of drug-likeness (QED) is 0.246. The standard InChI is InChI=1S/C31H31Cl3FN3O6/c1-18(2)25(36-29(42)31(32,33)34)24(35)16-20(11-8-14-37-27(40)22-12-6-7-13-23(22)28(37)41)26(39)38-21(17-44-30(38)43)15-19-9-4-3-5-10-19/h3-7,9-10,12-13,16,18,20-21,25H,8,11,14-15,17H2,1-2H3,(H,36,42)/b24-16-/t20-,21?,25+/m1/s1. The second-order valence-corrected chi connectivity index (χ2v) is 13.2. The lowest BCUT2D eigenvalue weighted by atomic mass is 9.95. The number of hydrogen-bond acceptors (Lipinski definition) is 6. The Balaban J connectivity index is 1.58. The first-order chi connectivity index (χ1) is 20.8. The fourth-order valence-corrected chi connectivity index (χ4v) is 5.37. The number of amides is 5. The molecule has 0 radical (unpaired) electrons. The second-order valence-electron chi connectivity index (χ2n) is 10.9. The number of carbonyl (C=O) groups is 5. The molecule has 5 amide bonds. The van der Waals surface area contributed by atoms with Crippen LogP contribution in [0.3, 0.4) is 0 Å². The predicted molar refractivity (Wildman–Crippen MR) is 163 cm³/mol. The summed E-state index contributed by atoms with van der Waals surface area (Å²) in [6.07, 6.45) is 0.564. The molecule has 1 fully saturated rings. The van der Waals surface area contributed by atoms with Crippen molar-refractivity contribution in [2.75, 3.05) is 13.2 Å². The molecule has 9 nitrogen and oxygen atoms in total. The van der Waals surface area contributed by atoms with Crippen LogP contribution in [0.15, 0.2) is 66.5 Å². The van der Waals surface area contributed by atoms with Crippen LogP contribution < -0.4 is 5.32 Å². The number of nitrogens with one attached hydrogen (secondary N) is 1. The highest BCUT2D eigenvalue weighted by Crippen LogP contribution is 2.29. The number of hydrogen-bond donors (Lipinski definition) is 1. The van der Waals surface area contributed by atoms with Crippen molar-refractivity contribution in [1.29, 1.82) is 0 Å². The number of ether oxygens (including phenoxy) is 1. The first kappa shape index (κ1) is 33.4. The van der Waals surface area contributed by atoms with Gasteiger partial charge < -0.3 is 10.1 Å². The van der Waals surface area contributed by atoms with Gasteiger partial charge in [0.25, 0.3) is 21.5 Å². The molecule has 3 atom stereocenters. The highest BCUT2D eigenvalue weighted by atomic mass is 35.6. The van der Waals surface area contributed by atoms with E-state index in [1.54, 1.807) is 38.1 Å². The van der Waals surface area contributed by atoms with Gasteiger partial charge in [0.15, 0.2) is 0 Å². The lowest BCUT2D eigenvalue weighted by molar-refractivity contribution is -0.132. The van der Waals surface area contributed by atoms with E-state index in [4.69, 9.17) is 39.5 Å². The molecule has 13 heteroatoms. The van der Waals surface area contributed by atoms with Gasteiger partial charge in [0.2, 0.25) is 5.91 Å². The summed E-state index contributed by atoms with van der Waals surface area (Å²) in [5.74, 6) is -5.32. The van der Waals surface area contributed by atoms with Gasteiger partial charge in [0.05, 0.1) is 29.1 Å². The average molecular weight is 667 g/mol. The van der Waals surface area contributed by atoms with E-state index in [-0.39, 0.29) is 37.1 Å². The van der Waals surface area contributed by atoms with E-state index in [1.165, 1.54) is 0 Å². The molecule has 1 N–H and O–H groups in total. The molecule has 2 aromatic carbocycles. The van der Waals surface area contributed by atoms with Crippen molar-refractivity contribution in [2.45, 2.75) is 49.0 Å². The van der Waals surface area contributed by atoms with E-state index in [0.717, 1.165) is 21.4 Å². The Bertz CT molecular complexity index is 1430. The monoisotopic (exact) mass is 665 g/mol. The van der Waals surface area contributed by atoms with Crippen LogP contribution >= 0.6 is 34.8 Å². The van der Waals surface area contributed by atoms with Crippen molar-refractivity contribution in [3.8, 4) is 0 Å². The Labute approximate surface area is 269 Å².